The number of aromatic nitrogens is 1. The molecule has 114 valence electrons. The van der Waals surface area contributed by atoms with Crippen molar-refractivity contribution in [3.8, 4) is 0 Å². The van der Waals surface area contributed by atoms with Crippen molar-refractivity contribution in [2.75, 3.05) is 5.32 Å². The highest BCUT2D eigenvalue weighted by molar-refractivity contribution is 7.22. The van der Waals surface area contributed by atoms with Crippen molar-refractivity contribution in [2.24, 2.45) is 0 Å². The third-order valence-corrected chi connectivity index (χ3v) is 5.23. The monoisotopic (exact) mass is 305 g/mol. The van der Waals surface area contributed by atoms with E-state index in [-0.39, 0.29) is 11.1 Å². The molecule has 0 spiro atoms. The largest absolute Gasteiger partial charge is 0.359 e. The van der Waals surface area contributed by atoms with E-state index in [2.05, 4.69) is 44.1 Å². The van der Waals surface area contributed by atoms with Crippen LogP contribution >= 0.6 is 11.3 Å². The molecular formula is C16H23N3OS. The molecule has 2 heterocycles. The molecule has 3 rings (SSSR count). The average Bonchev–Trinajstić information content (AvgIpc) is 2.77. The van der Waals surface area contributed by atoms with Gasteiger partial charge in [-0.05, 0) is 52.7 Å². The first-order chi connectivity index (χ1) is 9.78. The molecule has 0 bridgehead atoms. The standard InChI is InChI=1S/C16H23N3OS/c1-15(2)9-11(10-16(3,4)19(15)20)17-14-18-12-7-5-6-8-13(12)21-14/h5-8,11,20H,9-10H2,1-4H3,(H,17,18). The van der Waals surface area contributed by atoms with Crippen molar-refractivity contribution < 1.29 is 5.21 Å². The Morgan fingerprint density at radius 1 is 1.19 bits per heavy atom. The van der Waals surface area contributed by atoms with Gasteiger partial charge in [-0.2, -0.15) is 5.06 Å². The average molecular weight is 305 g/mol. The zero-order valence-electron chi connectivity index (χ0n) is 13.1. The molecule has 1 aromatic carbocycles. The van der Waals surface area contributed by atoms with Crippen LogP contribution in [0, 0.1) is 0 Å². The Morgan fingerprint density at radius 3 is 2.43 bits per heavy atom. The number of benzene rings is 1. The van der Waals surface area contributed by atoms with Crippen LogP contribution in [-0.2, 0) is 0 Å². The molecule has 5 heteroatoms. The lowest BCUT2D eigenvalue weighted by molar-refractivity contribution is -0.243. The van der Waals surface area contributed by atoms with Gasteiger partial charge in [0.05, 0.1) is 10.2 Å². The molecule has 0 amide bonds. The zero-order valence-corrected chi connectivity index (χ0v) is 13.9. The van der Waals surface area contributed by atoms with Gasteiger partial charge in [-0.25, -0.2) is 4.98 Å². The van der Waals surface area contributed by atoms with Crippen LogP contribution in [0.2, 0.25) is 0 Å². The molecule has 4 nitrogen and oxygen atoms in total. The van der Waals surface area contributed by atoms with Gasteiger partial charge in [-0.1, -0.05) is 23.5 Å². The Morgan fingerprint density at radius 2 is 1.81 bits per heavy atom. The van der Waals surface area contributed by atoms with Gasteiger partial charge in [0, 0.05) is 17.1 Å². The van der Waals surface area contributed by atoms with E-state index in [1.807, 2.05) is 18.2 Å². The summed E-state index contributed by atoms with van der Waals surface area (Å²) >= 11 is 1.69. The van der Waals surface area contributed by atoms with E-state index in [0.29, 0.717) is 6.04 Å². The normalized spacial score (nSPS) is 22.5. The molecule has 0 radical (unpaired) electrons. The van der Waals surface area contributed by atoms with Gasteiger partial charge in [0.15, 0.2) is 5.13 Å². The first-order valence-electron chi connectivity index (χ1n) is 7.39. The molecule has 1 saturated heterocycles. The minimum absolute atomic E-state index is 0.240. The number of fused-ring (bicyclic) bond motifs is 1. The maximum absolute atomic E-state index is 10.4. The minimum Gasteiger partial charge on any atom is -0.359 e. The first kappa shape index (κ1) is 14.8. The van der Waals surface area contributed by atoms with E-state index in [4.69, 9.17) is 0 Å². The number of anilines is 1. The lowest BCUT2D eigenvalue weighted by Gasteiger charge is -2.51. The second kappa shape index (κ2) is 4.93. The molecule has 21 heavy (non-hydrogen) atoms. The van der Waals surface area contributed by atoms with Crippen LogP contribution in [0.25, 0.3) is 10.2 Å². The molecule has 1 aliphatic rings. The lowest BCUT2D eigenvalue weighted by Crippen LogP contribution is -2.61. The van der Waals surface area contributed by atoms with E-state index < -0.39 is 0 Å². The van der Waals surface area contributed by atoms with Crippen LogP contribution < -0.4 is 5.32 Å². The molecule has 1 aliphatic heterocycles. The Balaban J connectivity index is 1.81. The van der Waals surface area contributed by atoms with Crippen molar-refractivity contribution >= 4 is 26.7 Å². The number of hydrogen-bond donors (Lipinski definition) is 2. The highest BCUT2D eigenvalue weighted by atomic mass is 32.1. The van der Waals surface area contributed by atoms with Gasteiger partial charge in [0.1, 0.15) is 0 Å². The fraction of sp³-hybridized carbons (Fsp3) is 0.562. The van der Waals surface area contributed by atoms with Gasteiger partial charge < -0.3 is 10.5 Å². The summed E-state index contributed by atoms with van der Waals surface area (Å²) in [5, 5.41) is 16.4. The van der Waals surface area contributed by atoms with E-state index in [0.717, 1.165) is 23.5 Å². The van der Waals surface area contributed by atoms with E-state index in [1.165, 1.54) is 9.76 Å². The first-order valence-corrected chi connectivity index (χ1v) is 8.21. The summed E-state index contributed by atoms with van der Waals surface area (Å²) in [4.78, 5) is 4.65. The summed E-state index contributed by atoms with van der Waals surface area (Å²) in [6.45, 7) is 8.34. The maximum Gasteiger partial charge on any atom is 0.184 e. The molecule has 1 aromatic heterocycles. The van der Waals surface area contributed by atoms with E-state index in [9.17, 15) is 5.21 Å². The van der Waals surface area contributed by atoms with Gasteiger partial charge in [0.25, 0.3) is 0 Å². The molecule has 0 saturated carbocycles. The fourth-order valence-corrected chi connectivity index (χ4v) is 4.42. The van der Waals surface area contributed by atoms with Crippen molar-refractivity contribution in [3.63, 3.8) is 0 Å². The SMILES string of the molecule is CC1(C)CC(Nc2nc3ccccc3s2)CC(C)(C)N1O. The molecule has 2 aromatic rings. The fourth-order valence-electron chi connectivity index (χ4n) is 3.48. The van der Waals surface area contributed by atoms with Crippen LogP contribution in [0.3, 0.4) is 0 Å². The van der Waals surface area contributed by atoms with Crippen LogP contribution in [0.4, 0.5) is 5.13 Å². The third kappa shape index (κ3) is 2.78. The number of para-hydroxylation sites is 1. The van der Waals surface area contributed by atoms with Crippen LogP contribution in [-0.4, -0.2) is 32.4 Å². The Kier molecular flexibility index (Phi) is 3.47. The van der Waals surface area contributed by atoms with Crippen molar-refractivity contribution in [1.82, 2.24) is 10.0 Å². The summed E-state index contributed by atoms with van der Waals surface area (Å²) in [6.07, 6.45) is 1.78. The molecule has 0 unspecified atom stereocenters. The summed E-state index contributed by atoms with van der Waals surface area (Å²) in [5.74, 6) is 0. The Hall–Kier alpha value is -1.17. The summed E-state index contributed by atoms with van der Waals surface area (Å²) < 4.78 is 1.21. The molecule has 0 aliphatic carbocycles. The number of piperidine rings is 1. The highest BCUT2D eigenvalue weighted by Gasteiger charge is 2.45. The number of nitrogens with one attached hydrogen (secondary N) is 1. The molecule has 2 N–H and O–H groups in total. The van der Waals surface area contributed by atoms with Crippen LogP contribution in [0.1, 0.15) is 40.5 Å². The number of hydrogen-bond acceptors (Lipinski definition) is 5. The van der Waals surface area contributed by atoms with Gasteiger partial charge in [-0.3, -0.25) is 0 Å². The molecular weight excluding hydrogens is 282 g/mol. The molecule has 1 fully saturated rings. The summed E-state index contributed by atoms with van der Waals surface area (Å²) in [6, 6.07) is 8.52. The van der Waals surface area contributed by atoms with Gasteiger partial charge >= 0.3 is 0 Å². The van der Waals surface area contributed by atoms with Crippen molar-refractivity contribution in [2.45, 2.75) is 57.7 Å². The Labute approximate surface area is 129 Å². The van der Waals surface area contributed by atoms with Gasteiger partial charge in [0.2, 0.25) is 0 Å². The third-order valence-electron chi connectivity index (χ3n) is 4.26. The lowest BCUT2D eigenvalue weighted by atomic mass is 9.79. The smallest absolute Gasteiger partial charge is 0.184 e. The summed E-state index contributed by atoms with van der Waals surface area (Å²) in [7, 11) is 0. The van der Waals surface area contributed by atoms with E-state index >= 15 is 0 Å². The van der Waals surface area contributed by atoms with E-state index in [1.54, 1.807) is 11.3 Å². The minimum atomic E-state index is -0.240. The van der Waals surface area contributed by atoms with Crippen molar-refractivity contribution in [1.29, 1.82) is 0 Å². The topological polar surface area (TPSA) is 48.4 Å². The highest BCUT2D eigenvalue weighted by Crippen LogP contribution is 2.38. The zero-order chi connectivity index (χ0) is 15.3. The second-order valence-electron chi connectivity index (χ2n) is 7.17. The van der Waals surface area contributed by atoms with Gasteiger partial charge in [-0.15, -0.1) is 0 Å². The van der Waals surface area contributed by atoms with Crippen molar-refractivity contribution in [3.05, 3.63) is 24.3 Å². The van der Waals surface area contributed by atoms with Crippen LogP contribution in [0.5, 0.6) is 0 Å². The quantitative estimate of drug-likeness (QED) is 0.876. The second-order valence-corrected chi connectivity index (χ2v) is 8.20. The predicted molar refractivity (Wildman–Crippen MR) is 88.0 cm³/mol. The maximum atomic E-state index is 10.4. The Bertz CT molecular complexity index is 599. The number of rotatable bonds is 2. The van der Waals surface area contributed by atoms with Crippen LogP contribution in [0.15, 0.2) is 24.3 Å². The molecule has 0 atom stereocenters. The number of thiazole rings is 1. The summed E-state index contributed by atoms with van der Waals surface area (Å²) in [5.41, 5.74) is 0.565. The number of hydroxylamine groups is 2. The predicted octanol–water partition coefficient (Wildman–Crippen LogP) is 4.12. The number of nitrogens with zero attached hydrogens (tertiary/aromatic N) is 2.